The second-order valence-corrected chi connectivity index (χ2v) is 11.4. The molecular weight excluding hydrogens is 518 g/mol. The molecule has 2 heterocycles. The van der Waals surface area contributed by atoms with Crippen molar-refractivity contribution in [2.75, 3.05) is 17.2 Å². The van der Waals surface area contributed by atoms with Gasteiger partial charge in [0, 0.05) is 18.1 Å². The zero-order valence-corrected chi connectivity index (χ0v) is 21.4. The van der Waals surface area contributed by atoms with E-state index in [1.165, 1.54) is 28.6 Å². The molecule has 2 fully saturated rings. The first kappa shape index (κ1) is 26.0. The molecule has 0 unspecified atom stereocenters. The number of fused-ring (bicyclic) bond motifs is 2. The van der Waals surface area contributed by atoms with E-state index in [2.05, 4.69) is 22.9 Å². The molecule has 2 bridgehead atoms. The van der Waals surface area contributed by atoms with Crippen LogP contribution in [-0.4, -0.2) is 48.5 Å². The fourth-order valence-electron chi connectivity index (χ4n) is 4.92. The van der Waals surface area contributed by atoms with Gasteiger partial charge in [-0.15, -0.1) is 0 Å². The van der Waals surface area contributed by atoms with Crippen LogP contribution in [0.1, 0.15) is 39.0 Å². The summed E-state index contributed by atoms with van der Waals surface area (Å²) in [5.74, 6) is -1.38. The molecule has 2 amide bonds. The molecule has 0 radical (unpaired) electrons. The Kier molecular flexibility index (Phi) is 7.77. The van der Waals surface area contributed by atoms with Gasteiger partial charge in [-0.2, -0.15) is 4.31 Å². The maximum absolute atomic E-state index is 13.7. The molecule has 35 heavy (non-hydrogen) atoms. The Labute approximate surface area is 213 Å². The summed E-state index contributed by atoms with van der Waals surface area (Å²) in [5, 5.41) is 18.7. The summed E-state index contributed by atoms with van der Waals surface area (Å²) in [6.45, 7) is 2.96. The summed E-state index contributed by atoms with van der Waals surface area (Å²) in [5.41, 5.74) is -0.147. The predicted molar refractivity (Wildman–Crippen MR) is 134 cm³/mol. The number of halogens is 3. The number of amides is 2. The molecule has 0 aromatic heterocycles. The van der Waals surface area contributed by atoms with Crippen LogP contribution in [0.4, 0.5) is 20.6 Å². The first-order valence-corrected chi connectivity index (χ1v) is 13.6. The van der Waals surface area contributed by atoms with Gasteiger partial charge in [-0.25, -0.2) is 17.6 Å². The number of aromatic hydroxyl groups is 1. The number of rotatable bonds is 7. The van der Waals surface area contributed by atoms with E-state index in [1.807, 2.05) is 0 Å². The number of sulfonamides is 1. The Morgan fingerprint density at radius 3 is 2.43 bits per heavy atom. The second-order valence-electron chi connectivity index (χ2n) is 8.80. The van der Waals surface area contributed by atoms with Crippen molar-refractivity contribution in [3.63, 3.8) is 0 Å². The number of hydrogen-bond acceptors (Lipinski definition) is 5. The maximum atomic E-state index is 13.7. The number of nitrogens with one attached hydrogen (secondary N) is 3. The molecule has 0 aliphatic carbocycles. The van der Waals surface area contributed by atoms with E-state index in [0.717, 1.165) is 31.9 Å². The van der Waals surface area contributed by atoms with Gasteiger partial charge in [0.1, 0.15) is 10.7 Å². The van der Waals surface area contributed by atoms with Gasteiger partial charge in [0.25, 0.3) is 0 Å². The quantitative estimate of drug-likeness (QED) is 0.359. The number of benzene rings is 2. The number of carbonyl (C=O) groups excluding carboxylic acids is 1. The minimum Gasteiger partial charge on any atom is -0.504 e. The number of urea groups is 1. The van der Waals surface area contributed by atoms with E-state index in [4.69, 9.17) is 23.2 Å². The summed E-state index contributed by atoms with van der Waals surface area (Å²) >= 11 is 12.1. The van der Waals surface area contributed by atoms with Crippen molar-refractivity contribution in [3.8, 4) is 5.75 Å². The van der Waals surface area contributed by atoms with Crippen molar-refractivity contribution < 1.29 is 22.7 Å². The van der Waals surface area contributed by atoms with Gasteiger partial charge < -0.3 is 21.1 Å². The van der Waals surface area contributed by atoms with Crippen LogP contribution in [0.2, 0.25) is 10.0 Å². The van der Waals surface area contributed by atoms with Gasteiger partial charge in [0.2, 0.25) is 10.0 Å². The number of piperidine rings is 1. The van der Waals surface area contributed by atoms with E-state index >= 15 is 0 Å². The van der Waals surface area contributed by atoms with E-state index in [-0.39, 0.29) is 39.5 Å². The van der Waals surface area contributed by atoms with Crippen LogP contribution in [0.5, 0.6) is 5.75 Å². The minimum absolute atomic E-state index is 0.0154. The number of hydrogen-bond donors (Lipinski definition) is 4. The lowest BCUT2D eigenvalue weighted by Gasteiger charge is -2.38. The summed E-state index contributed by atoms with van der Waals surface area (Å²) in [6.07, 6.45) is 3.84. The van der Waals surface area contributed by atoms with Gasteiger partial charge in [-0.3, -0.25) is 0 Å². The standard InChI is InChI=1S/C23H27Cl2FN4O4S/c1-2-10-27-13-11-14-6-7-15(12-13)30(14)35(33,34)22-16(24)8-9-19(21(22)31)29-23(32)28-18-5-3-4-17(26)20(18)25/h3-5,8-9,13-15,27,31H,2,6-7,10-12H2,1H3,(H2,28,29,32)/t13-,14+,15-. The van der Waals surface area contributed by atoms with Crippen LogP contribution in [-0.2, 0) is 10.0 Å². The lowest BCUT2D eigenvalue weighted by molar-refractivity contribution is 0.207. The number of carbonyl (C=O) groups is 1. The summed E-state index contributed by atoms with van der Waals surface area (Å²) in [7, 11) is -4.15. The highest BCUT2D eigenvalue weighted by molar-refractivity contribution is 7.89. The van der Waals surface area contributed by atoms with Gasteiger partial charge in [0.15, 0.2) is 5.75 Å². The smallest absolute Gasteiger partial charge is 0.323 e. The number of phenolic OH excluding ortho intramolecular Hbond substituents is 1. The van der Waals surface area contributed by atoms with Crippen molar-refractivity contribution in [2.24, 2.45) is 0 Å². The lowest BCUT2D eigenvalue weighted by Crippen LogP contribution is -2.51. The molecule has 2 aromatic rings. The van der Waals surface area contributed by atoms with E-state index in [9.17, 15) is 22.7 Å². The van der Waals surface area contributed by atoms with Crippen LogP contribution in [0.15, 0.2) is 35.2 Å². The fraction of sp³-hybridized carbons (Fsp3) is 0.435. The summed E-state index contributed by atoms with van der Waals surface area (Å²) in [4.78, 5) is 12.0. The topological polar surface area (TPSA) is 111 Å². The van der Waals surface area contributed by atoms with Crippen molar-refractivity contribution in [1.29, 1.82) is 0 Å². The van der Waals surface area contributed by atoms with Crippen LogP contribution >= 0.6 is 23.2 Å². The fourth-order valence-corrected chi connectivity index (χ4v) is 7.58. The van der Waals surface area contributed by atoms with Gasteiger partial charge >= 0.3 is 6.03 Å². The average molecular weight is 545 g/mol. The van der Waals surface area contributed by atoms with Crippen molar-refractivity contribution in [2.45, 2.75) is 62.0 Å². The molecule has 4 N–H and O–H groups in total. The molecule has 190 valence electrons. The largest absolute Gasteiger partial charge is 0.504 e. The molecule has 4 rings (SSSR count). The first-order chi connectivity index (χ1) is 16.6. The van der Waals surface area contributed by atoms with Crippen molar-refractivity contribution >= 4 is 50.6 Å². The average Bonchev–Trinajstić information content (AvgIpc) is 3.09. The van der Waals surface area contributed by atoms with Crippen LogP contribution in [0, 0.1) is 5.82 Å². The summed E-state index contributed by atoms with van der Waals surface area (Å²) in [6, 6.07) is 5.51. The molecule has 3 atom stereocenters. The van der Waals surface area contributed by atoms with Crippen LogP contribution < -0.4 is 16.0 Å². The number of nitrogens with zero attached hydrogens (tertiary/aromatic N) is 1. The van der Waals surface area contributed by atoms with E-state index in [1.54, 1.807) is 0 Å². The first-order valence-electron chi connectivity index (χ1n) is 11.4. The van der Waals surface area contributed by atoms with Gasteiger partial charge in [-0.05, 0) is 62.9 Å². The molecule has 2 saturated heterocycles. The molecule has 2 aliphatic rings. The third kappa shape index (κ3) is 5.22. The minimum atomic E-state index is -4.15. The SMILES string of the molecule is CCCN[C@H]1C[C@H]2CC[C@@H](C1)N2S(=O)(=O)c1c(Cl)ccc(NC(=O)Nc2cccc(F)c2Cl)c1O. The highest BCUT2D eigenvalue weighted by atomic mass is 35.5. The molecule has 12 heteroatoms. The van der Waals surface area contributed by atoms with Crippen LogP contribution in [0.25, 0.3) is 0 Å². The molecule has 0 spiro atoms. The molecule has 8 nitrogen and oxygen atoms in total. The third-order valence-electron chi connectivity index (χ3n) is 6.42. The van der Waals surface area contributed by atoms with Gasteiger partial charge in [0.05, 0.1) is 21.4 Å². The Balaban J connectivity index is 1.57. The molecular formula is C23H27Cl2FN4O4S. The second kappa shape index (κ2) is 10.5. The van der Waals surface area contributed by atoms with Crippen LogP contribution in [0.3, 0.4) is 0 Å². The zero-order chi connectivity index (χ0) is 25.3. The third-order valence-corrected chi connectivity index (χ3v) is 9.31. The van der Waals surface area contributed by atoms with E-state index < -0.39 is 32.5 Å². The monoisotopic (exact) mass is 544 g/mol. The van der Waals surface area contributed by atoms with Crippen molar-refractivity contribution in [1.82, 2.24) is 9.62 Å². The molecule has 2 aromatic carbocycles. The maximum Gasteiger partial charge on any atom is 0.323 e. The number of phenols is 1. The normalized spacial score (nSPS) is 22.2. The van der Waals surface area contributed by atoms with Gasteiger partial charge in [-0.1, -0.05) is 36.2 Å². The highest BCUT2D eigenvalue weighted by Gasteiger charge is 2.48. The Hall–Kier alpha value is -2.11. The Morgan fingerprint density at radius 1 is 1.11 bits per heavy atom. The molecule has 2 aliphatic heterocycles. The Morgan fingerprint density at radius 2 is 1.77 bits per heavy atom. The Bertz CT molecular complexity index is 1220. The molecule has 0 saturated carbocycles. The van der Waals surface area contributed by atoms with Crippen molar-refractivity contribution in [3.05, 3.63) is 46.2 Å². The number of anilines is 2. The predicted octanol–water partition coefficient (Wildman–Crippen LogP) is 5.17. The lowest BCUT2D eigenvalue weighted by atomic mass is 10.00. The van der Waals surface area contributed by atoms with E-state index in [0.29, 0.717) is 12.8 Å². The highest BCUT2D eigenvalue weighted by Crippen LogP contribution is 2.45. The summed E-state index contributed by atoms with van der Waals surface area (Å²) < 4.78 is 42.5. The zero-order valence-electron chi connectivity index (χ0n) is 19.0.